The second-order valence-electron chi connectivity index (χ2n) is 5.16. The van der Waals surface area contributed by atoms with Crippen LogP contribution < -0.4 is 5.32 Å². The van der Waals surface area contributed by atoms with Gasteiger partial charge in [-0.2, -0.15) is 0 Å². The van der Waals surface area contributed by atoms with Crippen LogP contribution >= 0.6 is 0 Å². The summed E-state index contributed by atoms with van der Waals surface area (Å²) in [6.45, 7) is 0.483. The number of nitrogens with zero attached hydrogens (tertiary/aromatic N) is 2. The van der Waals surface area contributed by atoms with Crippen LogP contribution in [0.2, 0.25) is 0 Å². The maximum atomic E-state index is 12.9. The predicted octanol–water partition coefficient (Wildman–Crippen LogP) is 3.42. The molecule has 1 aliphatic carbocycles. The second kappa shape index (κ2) is 5.91. The van der Waals surface area contributed by atoms with E-state index in [-0.39, 0.29) is 17.9 Å². The van der Waals surface area contributed by atoms with Gasteiger partial charge in [0.1, 0.15) is 5.82 Å². The summed E-state index contributed by atoms with van der Waals surface area (Å²) in [5, 5.41) is 2.85. The molecule has 5 heteroatoms. The van der Waals surface area contributed by atoms with Crippen LogP contribution in [0.4, 0.5) is 14.9 Å². The highest BCUT2D eigenvalue weighted by Crippen LogP contribution is 2.29. The van der Waals surface area contributed by atoms with Crippen molar-refractivity contribution in [3.8, 4) is 0 Å². The average Bonchev–Trinajstić information content (AvgIpc) is 3.32. The molecule has 4 nitrogen and oxygen atoms in total. The SMILES string of the molecule is O=C(Nc1cccnc1)N(Cc1ccc(F)cc1)C1CC1. The van der Waals surface area contributed by atoms with Gasteiger partial charge in [0.2, 0.25) is 0 Å². The number of halogens is 1. The average molecular weight is 285 g/mol. The molecule has 0 radical (unpaired) electrons. The van der Waals surface area contributed by atoms with Crippen LogP contribution in [-0.4, -0.2) is 22.0 Å². The summed E-state index contributed by atoms with van der Waals surface area (Å²) in [4.78, 5) is 18.1. The Balaban J connectivity index is 1.69. The zero-order valence-electron chi connectivity index (χ0n) is 11.5. The highest BCUT2D eigenvalue weighted by Gasteiger charge is 2.32. The number of hydrogen-bond acceptors (Lipinski definition) is 2. The van der Waals surface area contributed by atoms with E-state index in [1.54, 1.807) is 41.6 Å². The van der Waals surface area contributed by atoms with Crippen LogP contribution in [0.25, 0.3) is 0 Å². The van der Waals surface area contributed by atoms with Gasteiger partial charge in [-0.25, -0.2) is 9.18 Å². The van der Waals surface area contributed by atoms with Crippen molar-refractivity contribution >= 4 is 11.7 Å². The van der Waals surface area contributed by atoms with Crippen LogP contribution in [0.5, 0.6) is 0 Å². The van der Waals surface area contributed by atoms with Crippen molar-refractivity contribution in [2.75, 3.05) is 5.32 Å². The third-order valence-electron chi connectivity index (χ3n) is 3.43. The normalized spacial score (nSPS) is 13.8. The van der Waals surface area contributed by atoms with E-state index in [9.17, 15) is 9.18 Å². The van der Waals surface area contributed by atoms with E-state index in [0.717, 1.165) is 18.4 Å². The number of urea groups is 1. The second-order valence-corrected chi connectivity index (χ2v) is 5.16. The minimum atomic E-state index is -0.267. The van der Waals surface area contributed by atoms with Gasteiger partial charge in [0.05, 0.1) is 11.9 Å². The van der Waals surface area contributed by atoms with Crippen LogP contribution in [-0.2, 0) is 6.54 Å². The number of aromatic nitrogens is 1. The molecule has 21 heavy (non-hydrogen) atoms. The maximum Gasteiger partial charge on any atom is 0.322 e. The molecular formula is C16H16FN3O. The zero-order valence-corrected chi connectivity index (χ0v) is 11.5. The molecule has 1 saturated carbocycles. The fourth-order valence-electron chi connectivity index (χ4n) is 2.17. The molecule has 0 atom stereocenters. The van der Waals surface area contributed by atoms with Crippen LogP contribution in [0, 0.1) is 5.82 Å². The third kappa shape index (κ3) is 3.56. The van der Waals surface area contributed by atoms with Gasteiger partial charge in [0, 0.05) is 18.8 Å². The predicted molar refractivity (Wildman–Crippen MR) is 78.2 cm³/mol. The Morgan fingerprint density at radius 3 is 2.67 bits per heavy atom. The molecule has 2 amide bonds. The van der Waals surface area contributed by atoms with E-state index in [2.05, 4.69) is 10.3 Å². The lowest BCUT2D eigenvalue weighted by Crippen LogP contribution is -2.36. The molecule has 1 fully saturated rings. The van der Waals surface area contributed by atoms with Crippen LogP contribution in [0.3, 0.4) is 0 Å². The molecule has 1 N–H and O–H groups in total. The monoisotopic (exact) mass is 285 g/mol. The summed E-state index contributed by atoms with van der Waals surface area (Å²) < 4.78 is 12.9. The summed E-state index contributed by atoms with van der Waals surface area (Å²) in [6, 6.07) is 9.95. The molecule has 108 valence electrons. The Kier molecular flexibility index (Phi) is 3.81. The Bertz CT molecular complexity index is 611. The largest absolute Gasteiger partial charge is 0.322 e. The first kappa shape index (κ1) is 13.5. The fraction of sp³-hybridized carbons (Fsp3) is 0.250. The van der Waals surface area contributed by atoms with Crippen molar-refractivity contribution in [1.82, 2.24) is 9.88 Å². The molecule has 1 heterocycles. The summed E-state index contributed by atoms with van der Waals surface area (Å²) in [5.41, 5.74) is 1.59. The lowest BCUT2D eigenvalue weighted by Gasteiger charge is -2.23. The van der Waals surface area contributed by atoms with Gasteiger partial charge < -0.3 is 10.2 Å². The van der Waals surface area contributed by atoms with E-state index in [0.29, 0.717) is 12.2 Å². The highest BCUT2D eigenvalue weighted by molar-refractivity contribution is 5.89. The van der Waals surface area contributed by atoms with Crippen molar-refractivity contribution < 1.29 is 9.18 Å². The molecule has 0 bridgehead atoms. The molecule has 0 unspecified atom stereocenters. The quantitative estimate of drug-likeness (QED) is 0.935. The molecular weight excluding hydrogens is 269 g/mol. The maximum absolute atomic E-state index is 12.9. The van der Waals surface area contributed by atoms with Gasteiger partial charge in [-0.3, -0.25) is 4.98 Å². The first-order valence-electron chi connectivity index (χ1n) is 6.94. The van der Waals surface area contributed by atoms with Crippen LogP contribution in [0.15, 0.2) is 48.8 Å². The number of hydrogen-bond donors (Lipinski definition) is 1. The molecule has 0 saturated heterocycles. The highest BCUT2D eigenvalue weighted by atomic mass is 19.1. The molecule has 1 aromatic heterocycles. The third-order valence-corrected chi connectivity index (χ3v) is 3.43. The number of anilines is 1. The summed E-state index contributed by atoms with van der Waals surface area (Å²) in [7, 11) is 0. The van der Waals surface area contributed by atoms with E-state index < -0.39 is 0 Å². The number of carbonyl (C=O) groups excluding carboxylic acids is 1. The Hall–Kier alpha value is -2.43. The number of amides is 2. The summed E-state index contributed by atoms with van der Waals surface area (Å²) in [5.74, 6) is -0.267. The first-order chi connectivity index (χ1) is 10.2. The van der Waals surface area contributed by atoms with Gasteiger partial charge in [-0.05, 0) is 42.7 Å². The Morgan fingerprint density at radius 2 is 2.05 bits per heavy atom. The summed E-state index contributed by atoms with van der Waals surface area (Å²) in [6.07, 6.45) is 5.30. The Labute approximate surface area is 122 Å². The lowest BCUT2D eigenvalue weighted by molar-refractivity contribution is 0.206. The smallest absolute Gasteiger partial charge is 0.317 e. The molecule has 0 spiro atoms. The minimum absolute atomic E-state index is 0.144. The molecule has 2 aromatic rings. The number of benzene rings is 1. The topological polar surface area (TPSA) is 45.2 Å². The van der Waals surface area contributed by atoms with Crippen molar-refractivity contribution in [3.63, 3.8) is 0 Å². The van der Waals surface area contributed by atoms with Crippen molar-refractivity contribution in [3.05, 3.63) is 60.2 Å². The van der Waals surface area contributed by atoms with Gasteiger partial charge in [-0.1, -0.05) is 12.1 Å². The molecule has 1 aromatic carbocycles. The summed E-state index contributed by atoms with van der Waals surface area (Å²) >= 11 is 0. The van der Waals surface area contributed by atoms with E-state index in [4.69, 9.17) is 0 Å². The van der Waals surface area contributed by atoms with Gasteiger partial charge in [0.25, 0.3) is 0 Å². The van der Waals surface area contributed by atoms with Crippen molar-refractivity contribution in [2.24, 2.45) is 0 Å². The number of rotatable bonds is 4. The first-order valence-corrected chi connectivity index (χ1v) is 6.94. The van der Waals surface area contributed by atoms with Gasteiger partial charge in [0.15, 0.2) is 0 Å². The number of nitrogens with one attached hydrogen (secondary N) is 1. The fourth-order valence-corrected chi connectivity index (χ4v) is 2.17. The van der Waals surface area contributed by atoms with E-state index >= 15 is 0 Å². The number of carbonyl (C=O) groups is 1. The van der Waals surface area contributed by atoms with Crippen molar-refractivity contribution in [1.29, 1.82) is 0 Å². The standard InChI is InChI=1S/C16H16FN3O/c17-13-5-3-12(4-6-13)11-20(15-7-8-15)16(21)19-14-2-1-9-18-10-14/h1-6,9-10,15H,7-8,11H2,(H,19,21). The number of pyridine rings is 1. The van der Waals surface area contributed by atoms with Crippen LogP contribution in [0.1, 0.15) is 18.4 Å². The lowest BCUT2D eigenvalue weighted by atomic mass is 10.2. The van der Waals surface area contributed by atoms with E-state index in [1.807, 2.05) is 0 Å². The molecule has 0 aliphatic heterocycles. The minimum Gasteiger partial charge on any atom is -0.317 e. The van der Waals surface area contributed by atoms with Gasteiger partial charge >= 0.3 is 6.03 Å². The molecule has 1 aliphatic rings. The molecule has 3 rings (SSSR count). The van der Waals surface area contributed by atoms with Gasteiger partial charge in [-0.15, -0.1) is 0 Å². The van der Waals surface area contributed by atoms with E-state index in [1.165, 1.54) is 12.1 Å². The van der Waals surface area contributed by atoms with Crippen molar-refractivity contribution in [2.45, 2.75) is 25.4 Å². The Morgan fingerprint density at radius 1 is 1.29 bits per heavy atom. The zero-order chi connectivity index (χ0) is 14.7.